The summed E-state index contributed by atoms with van der Waals surface area (Å²) in [5, 5.41) is 3.40. The largest absolute Gasteiger partial charge is 0.490 e. The molecule has 6 heteroatoms. The van der Waals surface area contributed by atoms with Crippen LogP contribution in [0.3, 0.4) is 0 Å². The van der Waals surface area contributed by atoms with Crippen molar-refractivity contribution in [3.8, 4) is 11.5 Å². The van der Waals surface area contributed by atoms with E-state index in [9.17, 15) is 4.79 Å². The van der Waals surface area contributed by atoms with Gasteiger partial charge in [0.1, 0.15) is 0 Å². The van der Waals surface area contributed by atoms with Gasteiger partial charge in [-0.15, -0.1) is 0 Å². The third-order valence-electron chi connectivity index (χ3n) is 4.62. The molecule has 2 aromatic carbocycles. The van der Waals surface area contributed by atoms with Gasteiger partial charge in [0.2, 0.25) is 0 Å². The quantitative estimate of drug-likeness (QED) is 0.644. The van der Waals surface area contributed by atoms with Gasteiger partial charge in [-0.05, 0) is 50.5 Å². The lowest BCUT2D eigenvalue weighted by Crippen LogP contribution is -2.21. The fourth-order valence-electron chi connectivity index (χ4n) is 3.31. The summed E-state index contributed by atoms with van der Waals surface area (Å²) in [6.45, 7) is 6.92. The number of para-hydroxylation sites is 2. The Bertz CT molecular complexity index is 819. The fourth-order valence-corrected chi connectivity index (χ4v) is 3.58. The predicted octanol–water partition coefficient (Wildman–Crippen LogP) is 5.38. The minimum atomic E-state index is -0.225. The molecule has 150 valence electrons. The Labute approximate surface area is 171 Å². The van der Waals surface area contributed by atoms with Crippen molar-refractivity contribution in [1.82, 2.24) is 0 Å². The molecule has 0 saturated carbocycles. The molecule has 3 rings (SSSR count). The zero-order chi connectivity index (χ0) is 19.9. The molecule has 28 heavy (non-hydrogen) atoms. The average Bonchev–Trinajstić information content (AvgIpc) is 3.22. The topological polar surface area (TPSA) is 50.8 Å². The van der Waals surface area contributed by atoms with Crippen molar-refractivity contribution in [2.75, 3.05) is 36.5 Å². The Morgan fingerprint density at radius 2 is 1.89 bits per heavy atom. The van der Waals surface area contributed by atoms with Crippen LogP contribution in [0.2, 0.25) is 5.02 Å². The summed E-state index contributed by atoms with van der Waals surface area (Å²) >= 11 is 6.39. The van der Waals surface area contributed by atoms with Crippen LogP contribution in [-0.4, -0.2) is 32.2 Å². The van der Waals surface area contributed by atoms with Crippen molar-refractivity contribution in [2.45, 2.75) is 33.1 Å². The SMILES string of the molecule is CCCOc1c(Cl)cc(C(=O)Nc2ccccc2N2CCCC2)cc1OCC. The van der Waals surface area contributed by atoms with Gasteiger partial charge in [0, 0.05) is 18.7 Å². The Hall–Kier alpha value is -2.40. The van der Waals surface area contributed by atoms with Crippen LogP contribution >= 0.6 is 11.6 Å². The van der Waals surface area contributed by atoms with Gasteiger partial charge in [0.05, 0.1) is 29.6 Å². The van der Waals surface area contributed by atoms with Crippen LogP contribution in [0.1, 0.15) is 43.5 Å². The van der Waals surface area contributed by atoms with Gasteiger partial charge in [-0.1, -0.05) is 30.7 Å². The van der Waals surface area contributed by atoms with Gasteiger partial charge >= 0.3 is 0 Å². The molecular weight excluding hydrogens is 376 g/mol. The predicted molar refractivity (Wildman–Crippen MR) is 114 cm³/mol. The number of carbonyl (C=O) groups is 1. The summed E-state index contributed by atoms with van der Waals surface area (Å²) < 4.78 is 11.4. The number of nitrogens with zero attached hydrogens (tertiary/aromatic N) is 1. The number of carbonyl (C=O) groups excluding carboxylic acids is 1. The molecule has 1 N–H and O–H groups in total. The van der Waals surface area contributed by atoms with Crippen molar-refractivity contribution in [1.29, 1.82) is 0 Å². The number of ether oxygens (including phenoxy) is 2. The van der Waals surface area contributed by atoms with Gasteiger partial charge in [0.25, 0.3) is 5.91 Å². The molecule has 0 bridgehead atoms. The maximum absolute atomic E-state index is 12.9. The number of nitrogens with one attached hydrogen (secondary N) is 1. The third-order valence-corrected chi connectivity index (χ3v) is 4.90. The maximum Gasteiger partial charge on any atom is 0.255 e. The van der Waals surface area contributed by atoms with E-state index in [1.807, 2.05) is 38.1 Å². The third kappa shape index (κ3) is 4.71. The molecule has 1 heterocycles. The van der Waals surface area contributed by atoms with E-state index in [0.717, 1.165) is 30.9 Å². The van der Waals surface area contributed by atoms with Crippen LogP contribution in [-0.2, 0) is 0 Å². The number of benzene rings is 2. The second-order valence-corrected chi connectivity index (χ2v) is 7.14. The second kappa shape index (κ2) is 9.69. The summed E-state index contributed by atoms with van der Waals surface area (Å²) in [5.41, 5.74) is 2.29. The van der Waals surface area contributed by atoms with Crippen LogP contribution in [0.15, 0.2) is 36.4 Å². The summed E-state index contributed by atoms with van der Waals surface area (Å²) in [6, 6.07) is 11.2. The van der Waals surface area contributed by atoms with E-state index >= 15 is 0 Å². The number of hydrogen-bond donors (Lipinski definition) is 1. The summed E-state index contributed by atoms with van der Waals surface area (Å²) in [5.74, 6) is 0.748. The zero-order valence-corrected chi connectivity index (χ0v) is 17.2. The number of rotatable bonds is 8. The fraction of sp³-hybridized carbons (Fsp3) is 0.409. The van der Waals surface area contributed by atoms with E-state index in [0.29, 0.717) is 35.3 Å². The van der Waals surface area contributed by atoms with E-state index in [1.54, 1.807) is 12.1 Å². The molecule has 0 aliphatic carbocycles. The lowest BCUT2D eigenvalue weighted by molar-refractivity contribution is 0.102. The molecule has 0 radical (unpaired) electrons. The molecule has 2 aromatic rings. The Morgan fingerprint density at radius 3 is 2.61 bits per heavy atom. The molecular formula is C22H27ClN2O3. The molecule has 1 aliphatic rings. The van der Waals surface area contributed by atoms with E-state index in [1.165, 1.54) is 12.8 Å². The second-order valence-electron chi connectivity index (χ2n) is 6.73. The summed E-state index contributed by atoms with van der Waals surface area (Å²) in [7, 11) is 0. The monoisotopic (exact) mass is 402 g/mol. The first-order valence-corrected chi connectivity index (χ1v) is 10.3. The van der Waals surface area contributed by atoms with Crippen LogP contribution < -0.4 is 19.7 Å². The van der Waals surface area contributed by atoms with Gasteiger partial charge < -0.3 is 19.7 Å². The Balaban J connectivity index is 1.85. The number of hydrogen-bond acceptors (Lipinski definition) is 4. The highest BCUT2D eigenvalue weighted by Crippen LogP contribution is 2.37. The summed E-state index contributed by atoms with van der Waals surface area (Å²) in [4.78, 5) is 15.2. The average molecular weight is 403 g/mol. The molecule has 0 aromatic heterocycles. The highest BCUT2D eigenvalue weighted by atomic mass is 35.5. The van der Waals surface area contributed by atoms with E-state index < -0.39 is 0 Å². The highest BCUT2D eigenvalue weighted by molar-refractivity contribution is 6.32. The Kier molecular flexibility index (Phi) is 7.04. The first kappa shape index (κ1) is 20.3. The van der Waals surface area contributed by atoms with Crippen molar-refractivity contribution >= 4 is 28.9 Å². The van der Waals surface area contributed by atoms with Gasteiger partial charge in [-0.25, -0.2) is 0 Å². The van der Waals surface area contributed by atoms with Crippen LogP contribution in [0, 0.1) is 0 Å². The standard InChI is InChI=1S/C22H27ClN2O3/c1-3-13-28-21-17(23)14-16(15-20(21)27-4-2)22(26)24-18-9-5-6-10-19(18)25-11-7-8-12-25/h5-6,9-10,14-15H,3-4,7-8,11-13H2,1-2H3,(H,24,26). The van der Waals surface area contributed by atoms with E-state index in [4.69, 9.17) is 21.1 Å². The summed E-state index contributed by atoms with van der Waals surface area (Å²) in [6.07, 6.45) is 3.21. The number of halogens is 1. The first-order chi connectivity index (χ1) is 13.6. The van der Waals surface area contributed by atoms with Crippen molar-refractivity contribution < 1.29 is 14.3 Å². The maximum atomic E-state index is 12.9. The molecule has 1 saturated heterocycles. The number of amides is 1. The molecule has 5 nitrogen and oxygen atoms in total. The molecule has 0 unspecified atom stereocenters. The minimum Gasteiger partial charge on any atom is -0.490 e. The lowest BCUT2D eigenvalue weighted by atomic mass is 10.1. The highest BCUT2D eigenvalue weighted by Gasteiger charge is 2.19. The van der Waals surface area contributed by atoms with Crippen molar-refractivity contribution in [2.24, 2.45) is 0 Å². The molecule has 1 aliphatic heterocycles. The number of anilines is 2. The lowest BCUT2D eigenvalue weighted by Gasteiger charge is -2.21. The van der Waals surface area contributed by atoms with Gasteiger partial charge in [-0.3, -0.25) is 4.79 Å². The Morgan fingerprint density at radius 1 is 1.14 bits per heavy atom. The van der Waals surface area contributed by atoms with Crippen molar-refractivity contribution in [3.05, 3.63) is 47.0 Å². The smallest absolute Gasteiger partial charge is 0.255 e. The first-order valence-electron chi connectivity index (χ1n) is 9.88. The van der Waals surface area contributed by atoms with Gasteiger partial charge in [0.15, 0.2) is 11.5 Å². The molecule has 1 fully saturated rings. The normalized spacial score (nSPS) is 13.5. The molecule has 0 atom stereocenters. The minimum absolute atomic E-state index is 0.225. The van der Waals surface area contributed by atoms with E-state index in [2.05, 4.69) is 10.2 Å². The zero-order valence-electron chi connectivity index (χ0n) is 16.5. The molecule has 1 amide bonds. The molecule has 0 spiro atoms. The van der Waals surface area contributed by atoms with Crippen LogP contribution in [0.5, 0.6) is 11.5 Å². The van der Waals surface area contributed by atoms with Gasteiger partial charge in [-0.2, -0.15) is 0 Å². The van der Waals surface area contributed by atoms with Crippen LogP contribution in [0.4, 0.5) is 11.4 Å². The van der Waals surface area contributed by atoms with E-state index in [-0.39, 0.29) is 5.91 Å². The van der Waals surface area contributed by atoms with Crippen LogP contribution in [0.25, 0.3) is 0 Å². The van der Waals surface area contributed by atoms with Crippen molar-refractivity contribution in [3.63, 3.8) is 0 Å².